The Morgan fingerprint density at radius 3 is 2.33 bits per heavy atom. The average molecular weight is 510 g/mol. The van der Waals surface area contributed by atoms with Crippen molar-refractivity contribution in [3.63, 3.8) is 0 Å². The molecular weight excluding hydrogens is 475 g/mol. The molecule has 1 atom stereocenters. The number of alkyl halides is 3. The van der Waals surface area contributed by atoms with Crippen molar-refractivity contribution >= 4 is 23.5 Å². The van der Waals surface area contributed by atoms with Gasteiger partial charge in [0, 0.05) is 25.0 Å². The minimum absolute atomic E-state index is 0.108. The van der Waals surface area contributed by atoms with Crippen LogP contribution in [0.3, 0.4) is 0 Å². The fourth-order valence-electron chi connectivity index (χ4n) is 3.18. The van der Waals surface area contributed by atoms with Crippen molar-refractivity contribution in [3.8, 4) is 0 Å². The molecule has 3 rings (SSSR count). The van der Waals surface area contributed by atoms with Gasteiger partial charge in [0.05, 0.1) is 17.5 Å². The quantitative estimate of drug-likeness (QED) is 0.559. The number of pyridine rings is 1. The fraction of sp³-hybridized carbons (Fsp3) is 0.440. The smallest absolute Gasteiger partial charge is 0.394 e. The topological polar surface area (TPSA) is 121 Å². The zero-order valence-electron chi connectivity index (χ0n) is 21.3. The Kier molecular flexibility index (Phi) is 11.0. The Morgan fingerprint density at radius 1 is 1.25 bits per heavy atom. The molecule has 2 aromatic rings. The van der Waals surface area contributed by atoms with Crippen LogP contribution in [0.25, 0.3) is 0 Å². The number of hydrogen-bond acceptors (Lipinski definition) is 6. The van der Waals surface area contributed by atoms with Crippen molar-refractivity contribution in [2.45, 2.75) is 65.3 Å². The molecule has 2 heterocycles. The summed E-state index contributed by atoms with van der Waals surface area (Å²) >= 11 is 0. The highest BCUT2D eigenvalue weighted by atomic mass is 19.4. The summed E-state index contributed by atoms with van der Waals surface area (Å²) in [7, 11) is 1.55. The monoisotopic (exact) mass is 509 g/mol. The first-order valence-corrected chi connectivity index (χ1v) is 11.5. The third-order valence-corrected chi connectivity index (χ3v) is 5.06. The number of halogens is 3. The lowest BCUT2D eigenvalue weighted by Gasteiger charge is -2.36. The van der Waals surface area contributed by atoms with Gasteiger partial charge in [-0.2, -0.15) is 13.2 Å². The molecule has 0 fully saturated rings. The maximum Gasteiger partial charge on any atom is 0.417 e. The number of rotatable bonds is 4. The molecule has 36 heavy (non-hydrogen) atoms. The first kappa shape index (κ1) is 30.6. The highest BCUT2D eigenvalue weighted by Gasteiger charge is 2.39. The minimum atomic E-state index is -4.53. The number of amides is 2. The number of guanidine groups is 1. The van der Waals surface area contributed by atoms with E-state index in [2.05, 4.69) is 15.3 Å². The van der Waals surface area contributed by atoms with E-state index in [9.17, 15) is 22.8 Å². The molecule has 1 aliphatic rings. The number of aliphatic imine (C=N–C) groups is 1. The van der Waals surface area contributed by atoms with Gasteiger partial charge in [0.15, 0.2) is 5.96 Å². The zero-order valence-corrected chi connectivity index (χ0v) is 21.3. The normalized spacial score (nSPS) is 17.4. The highest BCUT2D eigenvalue weighted by molar-refractivity contribution is 6.03. The average Bonchev–Trinajstić information content (AvgIpc) is 2.83. The third-order valence-electron chi connectivity index (χ3n) is 5.06. The van der Waals surface area contributed by atoms with E-state index in [-0.39, 0.29) is 30.1 Å². The fourth-order valence-corrected chi connectivity index (χ4v) is 3.18. The standard InChI is InChI=1S/C20H20F3N5O2.C3H8O.C2H6/c1-3-19(10-16(29)28(2)18(24)27-19)12-5-4-6-14(9-12)26-17(30)15-8-7-13(11-25-15)20(21,22)23;1-3(2)4;1-2/h4-9,11H,3,10H2,1-2H3,(H2,24,27)(H,26,30);3-4H,1-2H3;1-2H3/t19-;;/m0../s1. The van der Waals surface area contributed by atoms with Crippen LogP contribution in [-0.4, -0.2) is 45.9 Å². The molecule has 11 heteroatoms. The molecule has 1 aromatic carbocycles. The Balaban J connectivity index is 0.000000982. The number of benzene rings is 1. The van der Waals surface area contributed by atoms with Crippen LogP contribution in [0.1, 0.15) is 69.1 Å². The second-order valence-electron chi connectivity index (χ2n) is 8.04. The summed E-state index contributed by atoms with van der Waals surface area (Å²) in [6.45, 7) is 9.33. The number of aliphatic hydroxyl groups is 1. The predicted octanol–water partition coefficient (Wildman–Crippen LogP) is 4.55. The Morgan fingerprint density at radius 2 is 1.86 bits per heavy atom. The van der Waals surface area contributed by atoms with Gasteiger partial charge in [-0.1, -0.05) is 32.9 Å². The lowest BCUT2D eigenvalue weighted by Crippen LogP contribution is -2.48. The van der Waals surface area contributed by atoms with E-state index in [0.717, 1.165) is 12.1 Å². The van der Waals surface area contributed by atoms with E-state index < -0.39 is 23.2 Å². The summed E-state index contributed by atoms with van der Waals surface area (Å²) in [4.78, 5) is 34.1. The van der Waals surface area contributed by atoms with E-state index in [0.29, 0.717) is 23.9 Å². The number of aromatic nitrogens is 1. The Bertz CT molecular complexity index is 1050. The lowest BCUT2D eigenvalue weighted by atomic mass is 9.83. The van der Waals surface area contributed by atoms with Gasteiger partial charge in [0.2, 0.25) is 5.91 Å². The van der Waals surface area contributed by atoms with Crippen LogP contribution in [0.4, 0.5) is 18.9 Å². The van der Waals surface area contributed by atoms with Crippen molar-refractivity contribution in [2.24, 2.45) is 10.7 Å². The number of carbonyl (C=O) groups excluding carboxylic acids is 2. The van der Waals surface area contributed by atoms with Crippen LogP contribution in [-0.2, 0) is 16.5 Å². The van der Waals surface area contributed by atoms with Crippen LogP contribution in [0.5, 0.6) is 0 Å². The molecule has 0 unspecified atom stereocenters. The molecule has 1 aromatic heterocycles. The Labute approximate surface area is 209 Å². The highest BCUT2D eigenvalue weighted by Crippen LogP contribution is 2.37. The van der Waals surface area contributed by atoms with E-state index in [1.165, 1.54) is 4.90 Å². The molecular formula is C25H34F3N5O3. The molecule has 2 amide bonds. The first-order valence-electron chi connectivity index (χ1n) is 11.5. The maximum absolute atomic E-state index is 12.7. The number of carbonyl (C=O) groups is 2. The number of aliphatic hydroxyl groups excluding tert-OH is 1. The van der Waals surface area contributed by atoms with Crippen LogP contribution in [0.2, 0.25) is 0 Å². The van der Waals surface area contributed by atoms with Crippen molar-refractivity contribution in [1.82, 2.24) is 9.88 Å². The molecule has 1 aliphatic heterocycles. The second kappa shape index (κ2) is 13.0. The molecule has 198 valence electrons. The molecule has 0 saturated carbocycles. The molecule has 0 aliphatic carbocycles. The number of nitrogens with two attached hydrogens (primary N) is 1. The molecule has 4 N–H and O–H groups in total. The van der Waals surface area contributed by atoms with Gasteiger partial charge in [-0.15, -0.1) is 0 Å². The SMILES string of the molecule is CC.CC(C)O.CC[C@@]1(c2cccc(NC(=O)c3ccc(C(F)(F)F)cn3)c2)CC(=O)N(C)C(N)=N1. The molecule has 0 bridgehead atoms. The van der Waals surface area contributed by atoms with Crippen LogP contribution in [0.15, 0.2) is 47.6 Å². The molecule has 0 saturated heterocycles. The summed E-state index contributed by atoms with van der Waals surface area (Å²) in [6, 6.07) is 8.57. The summed E-state index contributed by atoms with van der Waals surface area (Å²) in [5.41, 5.74) is 5.02. The number of nitrogens with zero attached hydrogens (tertiary/aromatic N) is 3. The first-order chi connectivity index (χ1) is 16.8. The maximum atomic E-state index is 12.7. The predicted molar refractivity (Wildman–Crippen MR) is 133 cm³/mol. The van der Waals surface area contributed by atoms with E-state index in [4.69, 9.17) is 10.8 Å². The van der Waals surface area contributed by atoms with E-state index in [1.54, 1.807) is 45.2 Å². The number of nitrogens with one attached hydrogen (secondary N) is 1. The summed E-state index contributed by atoms with van der Waals surface area (Å²) in [6.07, 6.45) is -3.46. The molecule has 8 nitrogen and oxygen atoms in total. The zero-order chi connectivity index (χ0) is 27.7. The summed E-state index contributed by atoms with van der Waals surface area (Å²) < 4.78 is 38.0. The van der Waals surface area contributed by atoms with Gasteiger partial charge in [-0.25, -0.2) is 4.99 Å². The molecule has 0 radical (unpaired) electrons. The second-order valence-corrected chi connectivity index (χ2v) is 8.04. The van der Waals surface area contributed by atoms with Gasteiger partial charge < -0.3 is 16.2 Å². The summed E-state index contributed by atoms with van der Waals surface area (Å²) in [5, 5.41) is 10.7. The van der Waals surface area contributed by atoms with Crippen molar-refractivity contribution < 1.29 is 27.9 Å². The van der Waals surface area contributed by atoms with E-state index >= 15 is 0 Å². The van der Waals surface area contributed by atoms with Crippen molar-refractivity contribution in [2.75, 3.05) is 12.4 Å². The van der Waals surface area contributed by atoms with Gasteiger partial charge in [0.1, 0.15) is 5.69 Å². The number of hydrogen-bond donors (Lipinski definition) is 3. The largest absolute Gasteiger partial charge is 0.417 e. The van der Waals surface area contributed by atoms with E-state index in [1.807, 2.05) is 20.8 Å². The van der Waals surface area contributed by atoms with Crippen LogP contribution in [0, 0.1) is 0 Å². The van der Waals surface area contributed by atoms with Crippen LogP contribution < -0.4 is 11.1 Å². The van der Waals surface area contributed by atoms with Gasteiger partial charge in [0.25, 0.3) is 5.91 Å². The third kappa shape index (κ3) is 8.04. The van der Waals surface area contributed by atoms with Crippen LogP contribution >= 0.6 is 0 Å². The van der Waals surface area contributed by atoms with Gasteiger partial charge >= 0.3 is 6.18 Å². The van der Waals surface area contributed by atoms with Crippen molar-refractivity contribution in [3.05, 3.63) is 59.4 Å². The van der Waals surface area contributed by atoms with Crippen molar-refractivity contribution in [1.29, 1.82) is 0 Å². The lowest BCUT2D eigenvalue weighted by molar-refractivity contribution is -0.137. The van der Waals surface area contributed by atoms with Gasteiger partial charge in [-0.3, -0.25) is 19.5 Å². The number of anilines is 1. The van der Waals surface area contributed by atoms with Gasteiger partial charge in [-0.05, 0) is 50.1 Å². The molecule has 0 spiro atoms. The Hall–Kier alpha value is -3.47. The summed E-state index contributed by atoms with van der Waals surface area (Å²) in [5.74, 6) is -0.724. The minimum Gasteiger partial charge on any atom is -0.394 e.